The van der Waals surface area contributed by atoms with E-state index in [0.717, 1.165) is 24.3 Å². The summed E-state index contributed by atoms with van der Waals surface area (Å²) in [5, 5.41) is 12.5. The molecule has 0 heterocycles. The second-order valence-corrected chi connectivity index (χ2v) is 6.68. The van der Waals surface area contributed by atoms with Crippen LogP contribution in [-0.2, 0) is 0 Å². The van der Waals surface area contributed by atoms with Crippen molar-refractivity contribution in [1.82, 2.24) is 5.32 Å². The van der Waals surface area contributed by atoms with Crippen LogP contribution in [0.1, 0.15) is 45.4 Å². The van der Waals surface area contributed by atoms with Gasteiger partial charge in [-0.1, -0.05) is 0 Å². The summed E-state index contributed by atoms with van der Waals surface area (Å²) < 4.78 is 0. The molecular formula is C14H25NO. The van der Waals surface area contributed by atoms with E-state index in [1.165, 1.54) is 38.5 Å². The first-order chi connectivity index (χ1) is 7.72. The summed E-state index contributed by atoms with van der Waals surface area (Å²) in [5.74, 6) is 3.10. The van der Waals surface area contributed by atoms with Gasteiger partial charge in [-0.2, -0.15) is 0 Å². The summed E-state index contributed by atoms with van der Waals surface area (Å²) >= 11 is 0. The Balaban J connectivity index is 1.72. The molecule has 0 radical (unpaired) electrons. The fourth-order valence-electron chi connectivity index (χ4n) is 5.21. The van der Waals surface area contributed by atoms with Gasteiger partial charge in [0, 0.05) is 12.6 Å². The quantitative estimate of drug-likeness (QED) is 0.765. The molecule has 2 heteroatoms. The normalized spacial score (nSPS) is 47.2. The lowest BCUT2D eigenvalue weighted by Gasteiger charge is -2.59. The van der Waals surface area contributed by atoms with Crippen LogP contribution in [0.4, 0.5) is 0 Å². The van der Waals surface area contributed by atoms with Gasteiger partial charge in [-0.25, -0.2) is 0 Å². The molecule has 4 saturated carbocycles. The van der Waals surface area contributed by atoms with Gasteiger partial charge in [0.25, 0.3) is 0 Å². The van der Waals surface area contributed by atoms with E-state index in [-0.39, 0.29) is 6.61 Å². The molecule has 0 amide bonds. The number of aliphatic hydroxyl groups excluding tert-OH is 1. The summed E-state index contributed by atoms with van der Waals surface area (Å²) in [6.07, 6.45) is 8.93. The van der Waals surface area contributed by atoms with Gasteiger partial charge in [0.05, 0.1) is 6.61 Å². The lowest BCUT2D eigenvalue weighted by molar-refractivity contribution is -0.0706. The number of hydrogen-bond acceptors (Lipinski definition) is 2. The third-order valence-corrected chi connectivity index (χ3v) is 5.57. The Kier molecular flexibility index (Phi) is 2.75. The van der Waals surface area contributed by atoms with Crippen molar-refractivity contribution in [3.05, 3.63) is 0 Å². The van der Waals surface area contributed by atoms with Gasteiger partial charge in [-0.05, 0) is 68.6 Å². The van der Waals surface area contributed by atoms with Crippen molar-refractivity contribution in [2.75, 3.05) is 13.2 Å². The molecule has 4 fully saturated rings. The van der Waals surface area contributed by atoms with Crippen molar-refractivity contribution in [3.63, 3.8) is 0 Å². The van der Waals surface area contributed by atoms with Crippen LogP contribution in [0.25, 0.3) is 0 Å². The van der Waals surface area contributed by atoms with Gasteiger partial charge in [0.2, 0.25) is 0 Å². The van der Waals surface area contributed by atoms with Crippen LogP contribution in [0.15, 0.2) is 0 Å². The van der Waals surface area contributed by atoms with Crippen LogP contribution >= 0.6 is 0 Å². The minimum absolute atomic E-state index is 0.275. The summed E-state index contributed by atoms with van der Waals surface area (Å²) in [6, 6.07) is 0.605. The van der Waals surface area contributed by atoms with Crippen molar-refractivity contribution < 1.29 is 5.11 Å². The molecule has 2 nitrogen and oxygen atoms in total. The molecule has 0 saturated heterocycles. The molecule has 1 unspecified atom stereocenters. The minimum atomic E-state index is 0.275. The zero-order chi connectivity index (χ0) is 11.2. The summed E-state index contributed by atoms with van der Waals surface area (Å²) in [4.78, 5) is 0. The first-order valence-corrected chi connectivity index (χ1v) is 7.06. The third-order valence-electron chi connectivity index (χ3n) is 5.57. The van der Waals surface area contributed by atoms with Crippen molar-refractivity contribution in [2.45, 2.75) is 51.5 Å². The molecule has 4 rings (SSSR count). The number of aliphatic hydroxyl groups is 1. The molecule has 16 heavy (non-hydrogen) atoms. The molecule has 4 bridgehead atoms. The molecule has 0 aromatic heterocycles. The van der Waals surface area contributed by atoms with E-state index >= 15 is 0 Å². The molecule has 2 N–H and O–H groups in total. The Morgan fingerprint density at radius 1 is 1.12 bits per heavy atom. The largest absolute Gasteiger partial charge is 0.395 e. The highest BCUT2D eigenvalue weighted by Crippen LogP contribution is 2.61. The highest BCUT2D eigenvalue weighted by Gasteiger charge is 2.52. The maximum atomic E-state index is 8.93. The fraction of sp³-hybridized carbons (Fsp3) is 1.00. The zero-order valence-corrected chi connectivity index (χ0v) is 10.4. The molecule has 0 aromatic carbocycles. The second kappa shape index (κ2) is 3.99. The van der Waals surface area contributed by atoms with Crippen molar-refractivity contribution in [2.24, 2.45) is 23.2 Å². The standard InChI is InChI=1S/C14H25NO/c1-10(15-2-3-16)14-7-11-4-12(8-14)6-13(5-11)9-14/h10-13,15-16H,2-9H2,1H3. The van der Waals surface area contributed by atoms with E-state index in [4.69, 9.17) is 5.11 Å². The van der Waals surface area contributed by atoms with Crippen LogP contribution in [-0.4, -0.2) is 24.3 Å². The lowest BCUT2D eigenvalue weighted by Crippen LogP contribution is -2.55. The monoisotopic (exact) mass is 223 g/mol. The average Bonchev–Trinajstić information content (AvgIpc) is 2.24. The number of hydrogen-bond donors (Lipinski definition) is 2. The van der Waals surface area contributed by atoms with Crippen molar-refractivity contribution in [3.8, 4) is 0 Å². The maximum absolute atomic E-state index is 8.93. The Hall–Kier alpha value is -0.0800. The minimum Gasteiger partial charge on any atom is -0.395 e. The van der Waals surface area contributed by atoms with Gasteiger partial charge in [0.1, 0.15) is 0 Å². The Labute approximate surface area is 98.8 Å². The SMILES string of the molecule is CC(NCCO)C12CC3CC(CC(C3)C1)C2. The van der Waals surface area contributed by atoms with Gasteiger partial charge in [-0.3, -0.25) is 0 Å². The molecule has 0 aromatic rings. The van der Waals surface area contributed by atoms with Gasteiger partial charge < -0.3 is 10.4 Å². The smallest absolute Gasteiger partial charge is 0.0556 e. The second-order valence-electron chi connectivity index (χ2n) is 6.68. The van der Waals surface area contributed by atoms with Gasteiger partial charge in [-0.15, -0.1) is 0 Å². The van der Waals surface area contributed by atoms with Crippen LogP contribution in [0.3, 0.4) is 0 Å². The van der Waals surface area contributed by atoms with Crippen molar-refractivity contribution in [1.29, 1.82) is 0 Å². The fourth-order valence-corrected chi connectivity index (χ4v) is 5.21. The van der Waals surface area contributed by atoms with Crippen molar-refractivity contribution >= 4 is 0 Å². The van der Waals surface area contributed by atoms with E-state index in [1.54, 1.807) is 0 Å². The van der Waals surface area contributed by atoms with E-state index in [1.807, 2.05) is 0 Å². The van der Waals surface area contributed by atoms with E-state index in [0.29, 0.717) is 11.5 Å². The van der Waals surface area contributed by atoms with E-state index in [9.17, 15) is 0 Å². The van der Waals surface area contributed by atoms with Crippen LogP contribution < -0.4 is 5.32 Å². The first kappa shape index (κ1) is 11.0. The van der Waals surface area contributed by atoms with E-state index < -0.39 is 0 Å². The molecular weight excluding hydrogens is 198 g/mol. The van der Waals surface area contributed by atoms with Crippen LogP contribution in [0.2, 0.25) is 0 Å². The third kappa shape index (κ3) is 1.70. The van der Waals surface area contributed by atoms with E-state index in [2.05, 4.69) is 12.2 Å². The van der Waals surface area contributed by atoms with Gasteiger partial charge >= 0.3 is 0 Å². The number of rotatable bonds is 4. The molecule has 1 atom stereocenters. The maximum Gasteiger partial charge on any atom is 0.0556 e. The highest BCUT2D eigenvalue weighted by atomic mass is 16.3. The lowest BCUT2D eigenvalue weighted by atomic mass is 9.48. The predicted molar refractivity (Wildman–Crippen MR) is 65.2 cm³/mol. The summed E-state index contributed by atoms with van der Waals surface area (Å²) in [5.41, 5.74) is 0.587. The molecule has 0 spiro atoms. The van der Waals surface area contributed by atoms with Gasteiger partial charge in [0.15, 0.2) is 0 Å². The number of nitrogens with one attached hydrogen (secondary N) is 1. The summed E-state index contributed by atoms with van der Waals surface area (Å²) in [7, 11) is 0. The Bertz CT molecular complexity index is 228. The topological polar surface area (TPSA) is 32.3 Å². The van der Waals surface area contributed by atoms with Crippen LogP contribution in [0.5, 0.6) is 0 Å². The molecule has 92 valence electrons. The van der Waals surface area contributed by atoms with Crippen LogP contribution in [0, 0.1) is 23.2 Å². The molecule has 4 aliphatic rings. The molecule has 4 aliphatic carbocycles. The Morgan fingerprint density at radius 3 is 2.06 bits per heavy atom. The predicted octanol–water partition coefficient (Wildman–Crippen LogP) is 2.17. The summed E-state index contributed by atoms with van der Waals surface area (Å²) in [6.45, 7) is 3.39. The zero-order valence-electron chi connectivity index (χ0n) is 10.4. The first-order valence-electron chi connectivity index (χ1n) is 7.06. The average molecular weight is 223 g/mol. The highest BCUT2D eigenvalue weighted by molar-refractivity contribution is 5.05. The Morgan fingerprint density at radius 2 is 1.62 bits per heavy atom. The molecule has 0 aliphatic heterocycles.